The quantitative estimate of drug-likeness (QED) is 0.357. The van der Waals surface area contributed by atoms with Gasteiger partial charge in [0.1, 0.15) is 16.5 Å². The summed E-state index contributed by atoms with van der Waals surface area (Å²) >= 11 is 19.1. The van der Waals surface area contributed by atoms with Crippen molar-refractivity contribution in [3.8, 4) is 5.69 Å². The Hall–Kier alpha value is -1.84. The number of aliphatic hydroxyl groups is 1. The molecule has 7 nitrogen and oxygen atoms in total. The number of hydrogen-bond acceptors (Lipinski definition) is 6. The highest BCUT2D eigenvalue weighted by atomic mass is 35.5. The van der Waals surface area contributed by atoms with E-state index >= 15 is 0 Å². The third-order valence-corrected chi connectivity index (χ3v) is 5.76. The molecule has 0 unspecified atom stereocenters. The topological polar surface area (TPSA) is 101 Å². The van der Waals surface area contributed by atoms with E-state index in [9.17, 15) is 18.3 Å². The van der Waals surface area contributed by atoms with E-state index in [1.807, 2.05) is 0 Å². The van der Waals surface area contributed by atoms with Crippen molar-refractivity contribution in [1.29, 1.82) is 0 Å². The number of thiol groups is 1. The monoisotopic (exact) mass is 475 g/mol. The summed E-state index contributed by atoms with van der Waals surface area (Å²) in [5.74, 6) is 0.263. The van der Waals surface area contributed by atoms with E-state index in [0.29, 0.717) is 28.7 Å². The number of nitrogens with one attached hydrogen (secondary N) is 1. The molecule has 2 heterocycles. The molecule has 154 valence electrons. The van der Waals surface area contributed by atoms with Gasteiger partial charge in [-0.2, -0.15) is 0 Å². The zero-order chi connectivity index (χ0) is 21.1. The molecule has 0 radical (unpaired) electrons. The minimum Gasteiger partial charge on any atom is -0.390 e. The maximum Gasteiger partial charge on any atom is 0.193 e. The largest absolute Gasteiger partial charge is 0.390 e. The van der Waals surface area contributed by atoms with E-state index in [1.54, 1.807) is 18.2 Å². The molecule has 2 aromatic heterocycles. The van der Waals surface area contributed by atoms with Crippen molar-refractivity contribution < 1.29 is 13.5 Å². The average molecular weight is 477 g/mol. The van der Waals surface area contributed by atoms with Gasteiger partial charge < -0.3 is 15.0 Å². The van der Waals surface area contributed by atoms with Crippen LogP contribution < -0.4 is 10.7 Å². The summed E-state index contributed by atoms with van der Waals surface area (Å²) in [6, 6.07) is 6.20. The number of pyridine rings is 2. The first-order chi connectivity index (χ1) is 13.8. The Labute approximate surface area is 182 Å². The molecule has 0 saturated carbocycles. The molecule has 1 aromatic carbocycles. The van der Waals surface area contributed by atoms with Gasteiger partial charge in [-0.3, -0.25) is 4.79 Å². The number of aromatic nitrogens is 2. The van der Waals surface area contributed by atoms with Crippen LogP contribution in [0, 0.1) is 0 Å². The van der Waals surface area contributed by atoms with Crippen LogP contribution in [-0.2, 0) is 17.3 Å². The van der Waals surface area contributed by atoms with Crippen LogP contribution in [0.25, 0.3) is 16.6 Å². The van der Waals surface area contributed by atoms with E-state index in [-0.39, 0.29) is 33.2 Å². The van der Waals surface area contributed by atoms with Crippen LogP contribution in [0.1, 0.15) is 12.1 Å². The first kappa shape index (κ1) is 21.9. The van der Waals surface area contributed by atoms with Crippen LogP contribution in [-0.4, -0.2) is 35.4 Å². The molecule has 0 saturated heterocycles. The molecule has 29 heavy (non-hydrogen) atoms. The van der Waals surface area contributed by atoms with Crippen molar-refractivity contribution in [2.24, 2.45) is 0 Å². The normalized spacial score (nSPS) is 11.3. The van der Waals surface area contributed by atoms with Crippen molar-refractivity contribution in [1.82, 2.24) is 9.55 Å². The number of aliphatic hydroxyl groups excluding tert-OH is 1. The van der Waals surface area contributed by atoms with Gasteiger partial charge in [0.2, 0.25) is 0 Å². The van der Waals surface area contributed by atoms with Crippen LogP contribution in [0.15, 0.2) is 35.3 Å². The van der Waals surface area contributed by atoms with Crippen molar-refractivity contribution in [3.63, 3.8) is 0 Å². The number of rotatable bonds is 7. The second-order valence-electron chi connectivity index (χ2n) is 6.08. The molecule has 0 aliphatic rings. The lowest BCUT2D eigenvalue weighted by Crippen LogP contribution is -2.17. The summed E-state index contributed by atoms with van der Waals surface area (Å²) < 4.78 is 23.0. The van der Waals surface area contributed by atoms with Gasteiger partial charge in [0.15, 0.2) is 5.43 Å². The molecule has 3 rings (SSSR count). The summed E-state index contributed by atoms with van der Waals surface area (Å²) in [7, 11) is -2.48. The molecule has 0 aliphatic heterocycles. The van der Waals surface area contributed by atoms with Crippen LogP contribution >= 0.6 is 34.8 Å². The second-order valence-corrected chi connectivity index (χ2v) is 8.41. The third kappa shape index (κ3) is 4.51. The minimum absolute atomic E-state index is 0.0159. The van der Waals surface area contributed by atoms with Crippen LogP contribution in [0.4, 0.5) is 5.82 Å². The standard InChI is InChI=1S/C18H16Cl3N3O4S/c19-11-3-1-4-12(20)16(11)24-10(9-25)7-14(26)15-17(24)13(21)8-23-18(15)22-5-2-6-29(27)28/h1,3-4,7-8,25,29H,2,5-6,9H2,(H,22,23). The van der Waals surface area contributed by atoms with E-state index in [4.69, 9.17) is 34.8 Å². The zero-order valence-electron chi connectivity index (χ0n) is 14.9. The maximum absolute atomic E-state index is 12.8. The van der Waals surface area contributed by atoms with E-state index < -0.39 is 22.7 Å². The molecular formula is C18H16Cl3N3O4S. The summed E-state index contributed by atoms with van der Waals surface area (Å²) in [5.41, 5.74) is 0.494. The summed E-state index contributed by atoms with van der Waals surface area (Å²) in [6.07, 6.45) is 1.71. The summed E-state index contributed by atoms with van der Waals surface area (Å²) in [6.45, 7) is -0.161. The smallest absolute Gasteiger partial charge is 0.193 e. The molecule has 0 bridgehead atoms. The molecule has 0 fully saturated rings. The van der Waals surface area contributed by atoms with Gasteiger partial charge in [0.25, 0.3) is 0 Å². The van der Waals surface area contributed by atoms with E-state index in [1.165, 1.54) is 16.8 Å². The number of benzene rings is 1. The predicted octanol–water partition coefficient (Wildman–Crippen LogP) is 3.25. The lowest BCUT2D eigenvalue weighted by molar-refractivity contribution is 0.274. The molecule has 11 heteroatoms. The summed E-state index contributed by atoms with van der Waals surface area (Å²) in [4.78, 5) is 17.0. The Morgan fingerprint density at radius 2 is 1.83 bits per heavy atom. The van der Waals surface area contributed by atoms with Gasteiger partial charge in [-0.1, -0.05) is 40.9 Å². The Morgan fingerprint density at radius 3 is 2.45 bits per heavy atom. The lowest BCUT2D eigenvalue weighted by atomic mass is 10.1. The predicted molar refractivity (Wildman–Crippen MR) is 117 cm³/mol. The lowest BCUT2D eigenvalue weighted by Gasteiger charge is -2.20. The number of halogens is 3. The first-order valence-corrected chi connectivity index (χ1v) is 11.0. The van der Waals surface area contributed by atoms with Gasteiger partial charge in [-0.15, -0.1) is 0 Å². The molecule has 0 aliphatic carbocycles. The summed E-state index contributed by atoms with van der Waals surface area (Å²) in [5, 5.41) is 13.8. The highest BCUT2D eigenvalue weighted by Gasteiger charge is 2.20. The first-order valence-electron chi connectivity index (χ1n) is 8.49. The number of para-hydroxylation sites is 1. The fourth-order valence-electron chi connectivity index (χ4n) is 2.99. The maximum atomic E-state index is 12.8. The Kier molecular flexibility index (Phi) is 7.02. The molecule has 0 spiro atoms. The van der Waals surface area contributed by atoms with Crippen molar-refractivity contribution in [2.45, 2.75) is 13.0 Å². The fraction of sp³-hybridized carbons (Fsp3) is 0.222. The van der Waals surface area contributed by atoms with Crippen molar-refractivity contribution in [2.75, 3.05) is 17.6 Å². The van der Waals surface area contributed by atoms with Crippen molar-refractivity contribution in [3.05, 3.63) is 61.4 Å². The number of hydrogen-bond donors (Lipinski definition) is 3. The average Bonchev–Trinajstić information content (AvgIpc) is 2.67. The third-order valence-electron chi connectivity index (χ3n) is 4.19. The number of nitrogens with zero attached hydrogens (tertiary/aromatic N) is 2. The minimum atomic E-state index is -2.48. The molecule has 0 amide bonds. The van der Waals surface area contributed by atoms with E-state index in [0.717, 1.165) is 0 Å². The molecule has 2 N–H and O–H groups in total. The van der Waals surface area contributed by atoms with Gasteiger partial charge >= 0.3 is 0 Å². The van der Waals surface area contributed by atoms with Gasteiger partial charge in [-0.25, -0.2) is 13.4 Å². The van der Waals surface area contributed by atoms with Gasteiger partial charge in [-0.05, 0) is 18.6 Å². The molecule has 0 atom stereocenters. The van der Waals surface area contributed by atoms with Gasteiger partial charge in [0, 0.05) is 18.4 Å². The Balaban J connectivity index is 2.28. The molecular weight excluding hydrogens is 461 g/mol. The Morgan fingerprint density at radius 1 is 1.14 bits per heavy atom. The van der Waals surface area contributed by atoms with Crippen LogP contribution in [0.5, 0.6) is 0 Å². The number of anilines is 1. The van der Waals surface area contributed by atoms with Crippen LogP contribution in [0.2, 0.25) is 15.1 Å². The second kappa shape index (κ2) is 9.32. The number of fused-ring (bicyclic) bond motifs is 1. The van der Waals surface area contributed by atoms with E-state index in [2.05, 4.69) is 10.3 Å². The highest BCUT2D eigenvalue weighted by Crippen LogP contribution is 2.35. The molecule has 3 aromatic rings. The van der Waals surface area contributed by atoms with Gasteiger partial charge in [0.05, 0.1) is 50.2 Å². The van der Waals surface area contributed by atoms with Crippen LogP contribution in [0.3, 0.4) is 0 Å². The fourth-order valence-corrected chi connectivity index (χ4v) is 4.20. The highest BCUT2D eigenvalue weighted by molar-refractivity contribution is 7.72. The zero-order valence-corrected chi connectivity index (χ0v) is 18.0. The SMILES string of the molecule is O=c1cc(CO)n(-c2c(Cl)cccc2Cl)c2c(Cl)cnc(NCCC[SH](=O)=O)c12. The Bertz CT molecular complexity index is 1180. The van der Waals surface area contributed by atoms with Crippen molar-refractivity contribution >= 4 is 62.2 Å².